The molecule has 0 N–H and O–H groups in total. The average Bonchev–Trinajstić information content (AvgIpc) is 2.42. The monoisotopic (exact) mass is 294 g/mol. The van der Waals surface area contributed by atoms with Gasteiger partial charge >= 0.3 is 0 Å². The van der Waals surface area contributed by atoms with Crippen LogP contribution >= 0.6 is 0 Å². The number of carbonyl (C=O) groups excluding carboxylic acids is 2. The summed E-state index contributed by atoms with van der Waals surface area (Å²) in [5, 5.41) is 0. The number of ketones is 2. The van der Waals surface area contributed by atoms with E-state index in [0.717, 1.165) is 33.4 Å². The maximum atomic E-state index is 11.3. The van der Waals surface area contributed by atoms with Gasteiger partial charge in [0, 0.05) is 12.8 Å². The van der Waals surface area contributed by atoms with E-state index >= 15 is 0 Å². The highest BCUT2D eigenvalue weighted by Crippen LogP contribution is 2.25. The number of aryl methyl sites for hydroxylation is 2. The second-order valence-corrected chi connectivity index (χ2v) is 6.04. The molecule has 0 aliphatic heterocycles. The van der Waals surface area contributed by atoms with Gasteiger partial charge in [0.15, 0.2) is 0 Å². The van der Waals surface area contributed by atoms with Crippen molar-refractivity contribution in [1.82, 2.24) is 0 Å². The Morgan fingerprint density at radius 1 is 0.727 bits per heavy atom. The first-order valence-electron chi connectivity index (χ1n) is 7.55. The first-order valence-corrected chi connectivity index (χ1v) is 7.55. The fourth-order valence-corrected chi connectivity index (χ4v) is 2.68. The number of Topliss-reactive ketones (excluding diaryl/α,β-unsaturated/α-hetero) is 2. The molecule has 0 heterocycles. The van der Waals surface area contributed by atoms with E-state index in [0.29, 0.717) is 12.8 Å². The Labute approximate surface area is 132 Å². The predicted octanol–water partition coefficient (Wildman–Crippen LogP) is 4.23. The van der Waals surface area contributed by atoms with Crippen LogP contribution in [-0.2, 0) is 22.4 Å². The Morgan fingerprint density at radius 3 is 1.36 bits per heavy atom. The lowest BCUT2D eigenvalue weighted by molar-refractivity contribution is -0.117. The molecular formula is C20H22O2. The van der Waals surface area contributed by atoms with Crippen LogP contribution < -0.4 is 0 Å². The Bertz CT molecular complexity index is 663. The molecule has 0 unspecified atom stereocenters. The van der Waals surface area contributed by atoms with Crippen LogP contribution in [-0.4, -0.2) is 11.6 Å². The van der Waals surface area contributed by atoms with Crippen LogP contribution in [0.15, 0.2) is 36.4 Å². The molecule has 0 spiro atoms. The van der Waals surface area contributed by atoms with Crippen LogP contribution in [0.4, 0.5) is 0 Å². The predicted molar refractivity (Wildman–Crippen MR) is 90.1 cm³/mol. The van der Waals surface area contributed by atoms with E-state index < -0.39 is 0 Å². The number of carbonyl (C=O) groups is 2. The van der Waals surface area contributed by atoms with E-state index in [4.69, 9.17) is 0 Å². The lowest BCUT2D eigenvalue weighted by Crippen LogP contribution is -2.00. The molecular weight excluding hydrogens is 272 g/mol. The van der Waals surface area contributed by atoms with E-state index in [1.165, 1.54) is 0 Å². The summed E-state index contributed by atoms with van der Waals surface area (Å²) in [6, 6.07) is 12.4. The van der Waals surface area contributed by atoms with Gasteiger partial charge in [0.25, 0.3) is 0 Å². The lowest BCUT2D eigenvalue weighted by Gasteiger charge is -2.10. The molecule has 2 aromatic carbocycles. The smallest absolute Gasteiger partial charge is 0.134 e. The third-order valence-corrected chi connectivity index (χ3v) is 3.90. The molecule has 0 aliphatic carbocycles. The number of hydrogen-bond acceptors (Lipinski definition) is 2. The quantitative estimate of drug-likeness (QED) is 0.827. The molecule has 0 bridgehead atoms. The Hall–Kier alpha value is -2.22. The van der Waals surface area contributed by atoms with Crippen molar-refractivity contribution in [3.05, 3.63) is 58.7 Å². The summed E-state index contributed by atoms with van der Waals surface area (Å²) in [7, 11) is 0. The van der Waals surface area contributed by atoms with Crippen LogP contribution in [0, 0.1) is 13.8 Å². The van der Waals surface area contributed by atoms with E-state index in [9.17, 15) is 9.59 Å². The number of benzene rings is 2. The summed E-state index contributed by atoms with van der Waals surface area (Å²) in [6.07, 6.45) is 0.978. The third-order valence-electron chi connectivity index (χ3n) is 3.90. The zero-order valence-corrected chi connectivity index (χ0v) is 13.7. The Kier molecular flexibility index (Phi) is 4.92. The SMILES string of the molecule is CC(=O)Cc1ccc(-c2ccc(CC(C)=O)c(C)c2)cc1C. The second-order valence-electron chi connectivity index (χ2n) is 6.04. The van der Waals surface area contributed by atoms with Crippen molar-refractivity contribution in [3.8, 4) is 11.1 Å². The average molecular weight is 294 g/mol. The minimum absolute atomic E-state index is 0.181. The van der Waals surface area contributed by atoms with Gasteiger partial charge in [0.1, 0.15) is 11.6 Å². The zero-order valence-electron chi connectivity index (χ0n) is 13.7. The number of rotatable bonds is 5. The van der Waals surface area contributed by atoms with Crippen molar-refractivity contribution < 1.29 is 9.59 Å². The summed E-state index contributed by atoms with van der Waals surface area (Å²) >= 11 is 0. The molecule has 0 radical (unpaired) electrons. The van der Waals surface area contributed by atoms with Crippen molar-refractivity contribution in [2.24, 2.45) is 0 Å². The number of hydrogen-bond donors (Lipinski definition) is 0. The summed E-state index contributed by atoms with van der Waals surface area (Å²) in [5.74, 6) is 0.362. The molecule has 2 heteroatoms. The molecule has 0 aromatic heterocycles. The van der Waals surface area contributed by atoms with Gasteiger partial charge in [0.05, 0.1) is 0 Å². The minimum Gasteiger partial charge on any atom is -0.300 e. The maximum absolute atomic E-state index is 11.3. The van der Waals surface area contributed by atoms with Crippen LogP contribution in [0.2, 0.25) is 0 Å². The van der Waals surface area contributed by atoms with Gasteiger partial charge in [-0.2, -0.15) is 0 Å². The van der Waals surface area contributed by atoms with Gasteiger partial charge < -0.3 is 0 Å². The highest BCUT2D eigenvalue weighted by Gasteiger charge is 2.07. The first-order chi connectivity index (χ1) is 10.4. The summed E-state index contributed by atoms with van der Waals surface area (Å²) in [6.45, 7) is 7.31. The molecule has 0 fully saturated rings. The van der Waals surface area contributed by atoms with Crippen LogP contribution in [0.3, 0.4) is 0 Å². The molecule has 2 nitrogen and oxygen atoms in total. The fourth-order valence-electron chi connectivity index (χ4n) is 2.68. The molecule has 0 aliphatic rings. The van der Waals surface area contributed by atoms with Gasteiger partial charge in [-0.25, -0.2) is 0 Å². The van der Waals surface area contributed by atoms with Crippen molar-refractivity contribution in [1.29, 1.82) is 0 Å². The fraction of sp³-hybridized carbons (Fsp3) is 0.300. The van der Waals surface area contributed by atoms with E-state index in [1.807, 2.05) is 26.0 Å². The molecule has 0 atom stereocenters. The van der Waals surface area contributed by atoms with Crippen LogP contribution in [0.25, 0.3) is 11.1 Å². The Morgan fingerprint density at radius 2 is 1.09 bits per heavy atom. The Balaban J connectivity index is 2.32. The zero-order chi connectivity index (χ0) is 16.3. The molecule has 0 saturated heterocycles. The van der Waals surface area contributed by atoms with Gasteiger partial charge in [-0.1, -0.05) is 36.4 Å². The molecule has 0 amide bonds. The van der Waals surface area contributed by atoms with E-state index in [-0.39, 0.29) is 11.6 Å². The van der Waals surface area contributed by atoms with Crippen molar-refractivity contribution >= 4 is 11.6 Å². The molecule has 2 aromatic rings. The van der Waals surface area contributed by atoms with Gasteiger partial charge in [-0.3, -0.25) is 9.59 Å². The van der Waals surface area contributed by atoms with Crippen molar-refractivity contribution in [2.45, 2.75) is 40.5 Å². The largest absolute Gasteiger partial charge is 0.300 e. The molecule has 22 heavy (non-hydrogen) atoms. The summed E-state index contributed by atoms with van der Waals surface area (Å²) in [4.78, 5) is 22.5. The molecule has 0 saturated carbocycles. The first kappa shape index (κ1) is 16.2. The van der Waals surface area contributed by atoms with Crippen LogP contribution in [0.5, 0.6) is 0 Å². The molecule has 2 rings (SSSR count). The highest BCUT2D eigenvalue weighted by atomic mass is 16.1. The second kappa shape index (κ2) is 6.69. The van der Waals surface area contributed by atoms with E-state index in [2.05, 4.69) is 24.3 Å². The highest BCUT2D eigenvalue weighted by molar-refractivity contribution is 5.80. The van der Waals surface area contributed by atoms with Gasteiger partial charge in [0.2, 0.25) is 0 Å². The van der Waals surface area contributed by atoms with Crippen LogP contribution in [0.1, 0.15) is 36.1 Å². The van der Waals surface area contributed by atoms with Crippen molar-refractivity contribution in [3.63, 3.8) is 0 Å². The summed E-state index contributed by atoms with van der Waals surface area (Å²) in [5.41, 5.74) is 6.73. The van der Waals surface area contributed by atoms with Crippen molar-refractivity contribution in [2.75, 3.05) is 0 Å². The van der Waals surface area contributed by atoms with Gasteiger partial charge in [-0.15, -0.1) is 0 Å². The van der Waals surface area contributed by atoms with E-state index in [1.54, 1.807) is 13.8 Å². The van der Waals surface area contributed by atoms with Gasteiger partial charge in [-0.05, 0) is 61.1 Å². The lowest BCUT2D eigenvalue weighted by atomic mass is 9.94. The summed E-state index contributed by atoms with van der Waals surface area (Å²) < 4.78 is 0. The minimum atomic E-state index is 0.181. The normalized spacial score (nSPS) is 10.5. The standard InChI is InChI=1S/C20H22O2/c1-13-9-19(7-5-17(13)11-15(3)21)20-8-6-18(12-16(4)22)14(2)10-20/h5-10H,11-12H2,1-4H3. The molecule has 114 valence electrons. The topological polar surface area (TPSA) is 34.1 Å². The maximum Gasteiger partial charge on any atom is 0.134 e. The third kappa shape index (κ3) is 3.91.